The van der Waals surface area contributed by atoms with Crippen LogP contribution < -0.4 is 5.32 Å². The van der Waals surface area contributed by atoms with Crippen molar-refractivity contribution in [2.45, 2.75) is 38.0 Å². The van der Waals surface area contributed by atoms with Crippen LogP contribution in [0, 0.1) is 5.92 Å². The van der Waals surface area contributed by atoms with Crippen molar-refractivity contribution >= 4 is 22.7 Å². The van der Waals surface area contributed by atoms with Gasteiger partial charge in [-0.3, -0.25) is 5.32 Å². The van der Waals surface area contributed by atoms with Crippen molar-refractivity contribution in [2.75, 3.05) is 18.4 Å². The summed E-state index contributed by atoms with van der Waals surface area (Å²) in [4.78, 5) is 18.5. The Morgan fingerprint density at radius 1 is 1.30 bits per heavy atom. The van der Waals surface area contributed by atoms with E-state index in [-0.39, 0.29) is 6.03 Å². The molecule has 0 spiro atoms. The number of hydrogen-bond donors (Lipinski definition) is 2. The Kier molecular flexibility index (Phi) is 3.90. The lowest BCUT2D eigenvalue weighted by atomic mass is 9.93. The van der Waals surface area contributed by atoms with Crippen LogP contribution in [0.15, 0.2) is 0 Å². The van der Waals surface area contributed by atoms with Gasteiger partial charge in [-0.05, 0) is 31.6 Å². The lowest BCUT2D eigenvalue weighted by molar-refractivity contribution is 0.182. The summed E-state index contributed by atoms with van der Waals surface area (Å²) >= 11 is 1.27. The third-order valence-electron chi connectivity index (χ3n) is 4.36. The van der Waals surface area contributed by atoms with Gasteiger partial charge in [-0.25, -0.2) is 9.78 Å². The van der Waals surface area contributed by atoms with Crippen LogP contribution in [0.3, 0.4) is 0 Å². The molecule has 3 heterocycles. The molecule has 0 atom stereocenters. The molecule has 1 aliphatic heterocycles. The highest BCUT2D eigenvalue weighted by atomic mass is 32.1. The van der Waals surface area contributed by atoms with Crippen molar-refractivity contribution in [1.82, 2.24) is 34.9 Å². The van der Waals surface area contributed by atoms with Crippen molar-refractivity contribution in [2.24, 2.45) is 5.92 Å². The molecular formula is C13H18N8OS. The van der Waals surface area contributed by atoms with Gasteiger partial charge in [0.15, 0.2) is 5.82 Å². The third kappa shape index (κ3) is 3.46. The van der Waals surface area contributed by atoms with Crippen molar-refractivity contribution in [3.63, 3.8) is 0 Å². The van der Waals surface area contributed by atoms with Crippen molar-refractivity contribution in [1.29, 1.82) is 0 Å². The van der Waals surface area contributed by atoms with Gasteiger partial charge in [0.2, 0.25) is 5.13 Å². The SMILES string of the molecule is O=C(Nc1nc(C2CC2)ns1)N1CCC(Cc2nn[nH]n2)CC1. The molecule has 10 heteroatoms. The molecule has 0 aromatic carbocycles. The maximum absolute atomic E-state index is 12.3. The van der Waals surface area contributed by atoms with Crippen molar-refractivity contribution < 1.29 is 4.79 Å². The van der Waals surface area contributed by atoms with Crippen molar-refractivity contribution in [3.8, 4) is 0 Å². The smallest absolute Gasteiger partial charge is 0.323 e. The second-order valence-corrected chi connectivity index (χ2v) is 6.88. The molecular weight excluding hydrogens is 316 g/mol. The Morgan fingerprint density at radius 3 is 2.83 bits per heavy atom. The summed E-state index contributed by atoms with van der Waals surface area (Å²) in [5, 5.41) is 17.5. The Balaban J connectivity index is 1.26. The van der Waals surface area contributed by atoms with Crippen LogP contribution in [-0.2, 0) is 6.42 Å². The fraction of sp³-hybridized carbons (Fsp3) is 0.692. The summed E-state index contributed by atoms with van der Waals surface area (Å²) in [6.45, 7) is 1.48. The van der Waals surface area contributed by atoms with Gasteiger partial charge in [-0.1, -0.05) is 5.21 Å². The fourth-order valence-corrected chi connectivity index (χ4v) is 3.47. The van der Waals surface area contributed by atoms with Gasteiger partial charge < -0.3 is 4.90 Å². The van der Waals surface area contributed by atoms with Crippen LogP contribution in [-0.4, -0.2) is 54.0 Å². The monoisotopic (exact) mass is 334 g/mol. The van der Waals surface area contributed by atoms with Crippen molar-refractivity contribution in [3.05, 3.63) is 11.6 Å². The normalized spacial score (nSPS) is 19.0. The second kappa shape index (κ2) is 6.19. The Hall–Kier alpha value is -2.10. The molecule has 4 rings (SSSR count). The molecule has 122 valence electrons. The number of amides is 2. The van der Waals surface area contributed by atoms with Crippen LogP contribution in [0.2, 0.25) is 0 Å². The first-order valence-corrected chi connectivity index (χ1v) is 8.67. The molecule has 0 radical (unpaired) electrons. The van der Waals surface area contributed by atoms with E-state index in [2.05, 4.69) is 35.3 Å². The molecule has 2 aromatic heterocycles. The standard InChI is InChI=1S/C13H18N8OS/c22-13(15-12-14-11(18-23-12)9-1-2-9)21-5-3-8(4-6-21)7-10-16-19-20-17-10/h8-9H,1-7H2,(H,14,15,18,22)(H,16,17,19,20). The summed E-state index contributed by atoms with van der Waals surface area (Å²) in [5.74, 6) is 2.64. The number of piperidine rings is 1. The first-order valence-electron chi connectivity index (χ1n) is 7.90. The predicted molar refractivity (Wildman–Crippen MR) is 83.1 cm³/mol. The summed E-state index contributed by atoms with van der Waals surface area (Å²) in [6.07, 6.45) is 5.04. The number of carbonyl (C=O) groups excluding carboxylic acids is 1. The van der Waals surface area contributed by atoms with Crippen LogP contribution in [0.1, 0.15) is 43.3 Å². The second-order valence-electron chi connectivity index (χ2n) is 6.12. The molecule has 2 N–H and O–H groups in total. The fourth-order valence-electron chi connectivity index (χ4n) is 2.83. The quantitative estimate of drug-likeness (QED) is 0.874. The number of nitrogens with zero attached hydrogens (tertiary/aromatic N) is 6. The number of tetrazole rings is 1. The van der Waals surface area contributed by atoms with E-state index < -0.39 is 0 Å². The highest BCUT2D eigenvalue weighted by molar-refractivity contribution is 7.09. The zero-order chi connectivity index (χ0) is 15.6. The minimum atomic E-state index is -0.0819. The van der Waals surface area contributed by atoms with E-state index >= 15 is 0 Å². The molecule has 2 amide bonds. The number of rotatable bonds is 4. The molecule has 0 unspecified atom stereocenters. The molecule has 2 fully saturated rings. The van der Waals surface area contributed by atoms with Crippen LogP contribution in [0.5, 0.6) is 0 Å². The molecule has 23 heavy (non-hydrogen) atoms. The van der Waals surface area contributed by atoms with Gasteiger partial charge in [0.1, 0.15) is 5.82 Å². The van der Waals surface area contributed by atoms with E-state index in [9.17, 15) is 4.79 Å². The van der Waals surface area contributed by atoms with E-state index in [1.54, 1.807) is 0 Å². The summed E-state index contributed by atoms with van der Waals surface area (Å²) in [5.41, 5.74) is 0. The topological polar surface area (TPSA) is 113 Å². The molecule has 1 saturated heterocycles. The minimum absolute atomic E-state index is 0.0819. The highest BCUT2D eigenvalue weighted by Crippen LogP contribution is 2.39. The van der Waals surface area contributed by atoms with Crippen LogP contribution in [0.4, 0.5) is 9.93 Å². The van der Waals surface area contributed by atoms with Gasteiger partial charge in [-0.15, -0.1) is 10.2 Å². The molecule has 2 aromatic rings. The Labute approximate surface area is 137 Å². The highest BCUT2D eigenvalue weighted by Gasteiger charge is 2.29. The average molecular weight is 334 g/mol. The molecule has 9 nitrogen and oxygen atoms in total. The number of hydrogen-bond acceptors (Lipinski definition) is 7. The van der Waals surface area contributed by atoms with E-state index in [1.807, 2.05) is 4.90 Å². The number of carbonyl (C=O) groups is 1. The Morgan fingerprint density at radius 2 is 2.13 bits per heavy atom. The average Bonchev–Trinajstić information content (AvgIpc) is 3.09. The van der Waals surface area contributed by atoms with Gasteiger partial charge in [-0.2, -0.15) is 9.59 Å². The van der Waals surface area contributed by atoms with Gasteiger partial charge >= 0.3 is 6.03 Å². The van der Waals surface area contributed by atoms with E-state index in [0.717, 1.165) is 56.8 Å². The van der Waals surface area contributed by atoms with Crippen LogP contribution in [0.25, 0.3) is 0 Å². The number of likely N-dealkylation sites (tertiary alicyclic amines) is 1. The van der Waals surface area contributed by atoms with Gasteiger partial charge in [0.25, 0.3) is 0 Å². The van der Waals surface area contributed by atoms with E-state index in [4.69, 9.17) is 0 Å². The van der Waals surface area contributed by atoms with Gasteiger partial charge in [0, 0.05) is 37.0 Å². The lowest BCUT2D eigenvalue weighted by Gasteiger charge is -2.31. The number of anilines is 1. The van der Waals surface area contributed by atoms with Crippen LogP contribution >= 0.6 is 11.5 Å². The summed E-state index contributed by atoms with van der Waals surface area (Å²) < 4.78 is 4.30. The number of nitrogens with one attached hydrogen (secondary N) is 2. The molecule has 1 saturated carbocycles. The van der Waals surface area contributed by atoms with Gasteiger partial charge in [0.05, 0.1) is 0 Å². The number of H-pyrrole nitrogens is 1. The Bertz CT molecular complexity index is 659. The third-order valence-corrected chi connectivity index (χ3v) is 5.00. The first kappa shape index (κ1) is 14.5. The lowest BCUT2D eigenvalue weighted by Crippen LogP contribution is -2.41. The zero-order valence-corrected chi connectivity index (χ0v) is 13.4. The first-order chi connectivity index (χ1) is 11.3. The largest absolute Gasteiger partial charge is 0.324 e. The van der Waals surface area contributed by atoms with E-state index in [1.165, 1.54) is 11.5 Å². The summed E-state index contributed by atoms with van der Waals surface area (Å²) in [7, 11) is 0. The van der Waals surface area contributed by atoms with E-state index in [0.29, 0.717) is 17.0 Å². The number of aromatic nitrogens is 6. The maximum atomic E-state index is 12.3. The predicted octanol–water partition coefficient (Wildman–Crippen LogP) is 1.42. The number of urea groups is 1. The zero-order valence-electron chi connectivity index (χ0n) is 12.6. The number of aromatic amines is 1. The minimum Gasteiger partial charge on any atom is -0.324 e. The molecule has 1 aliphatic carbocycles. The summed E-state index contributed by atoms with van der Waals surface area (Å²) in [6, 6.07) is -0.0819. The maximum Gasteiger partial charge on any atom is 0.323 e. The molecule has 2 aliphatic rings. The molecule has 0 bridgehead atoms.